The van der Waals surface area contributed by atoms with E-state index in [0.717, 1.165) is 38.5 Å². The molecule has 0 fully saturated rings. The van der Waals surface area contributed by atoms with Crippen LogP contribution in [-0.4, -0.2) is 41.9 Å². The van der Waals surface area contributed by atoms with Crippen molar-refractivity contribution in [1.29, 1.82) is 0 Å². The molecule has 0 rings (SSSR count). The molecule has 0 aromatic carbocycles. The van der Waals surface area contributed by atoms with E-state index >= 15 is 0 Å². The predicted octanol–water partition coefficient (Wildman–Crippen LogP) is 9.85. The van der Waals surface area contributed by atoms with Gasteiger partial charge in [-0.2, -0.15) is 8.42 Å². The van der Waals surface area contributed by atoms with Crippen LogP contribution in [0.5, 0.6) is 0 Å². The predicted molar refractivity (Wildman–Crippen MR) is 180 cm³/mol. The highest BCUT2D eigenvalue weighted by atomic mass is 32.2. The van der Waals surface area contributed by atoms with Crippen molar-refractivity contribution in [3.63, 3.8) is 0 Å². The summed E-state index contributed by atoms with van der Waals surface area (Å²) in [5.74, 6) is -0.899. The Morgan fingerprint density at radius 2 is 1.00 bits per heavy atom. The second-order valence-corrected chi connectivity index (χ2v) is 14.0. The largest absolute Gasteiger partial charge is 0.391 e. The van der Waals surface area contributed by atoms with Crippen LogP contribution < -0.4 is 5.32 Å². The van der Waals surface area contributed by atoms with Crippen molar-refractivity contribution >= 4 is 16.0 Å². The standard InChI is InChI=1S/C35H69NO5S/c1-3-5-7-9-11-13-14-15-16-17-18-19-20-21-23-25-27-29-31-35(38)36-33(32-42(39,40)41)34(37)30-28-26-24-22-12-10-8-6-4-2/h16-17,33-34,37H,3-15,18-32H2,1-2H3,(H,36,38)(H,39,40,41)/b17-16-. The van der Waals surface area contributed by atoms with Gasteiger partial charge in [0.05, 0.1) is 17.9 Å². The second kappa shape index (κ2) is 30.1. The van der Waals surface area contributed by atoms with Crippen molar-refractivity contribution in [2.75, 3.05) is 5.75 Å². The van der Waals surface area contributed by atoms with Gasteiger partial charge in [-0.25, -0.2) is 0 Å². The summed E-state index contributed by atoms with van der Waals surface area (Å²) < 4.78 is 32.3. The third-order valence-electron chi connectivity index (χ3n) is 8.22. The van der Waals surface area contributed by atoms with E-state index in [1.165, 1.54) is 122 Å². The number of aliphatic hydroxyl groups excluding tert-OH is 1. The van der Waals surface area contributed by atoms with Gasteiger partial charge >= 0.3 is 0 Å². The Labute approximate surface area is 261 Å². The van der Waals surface area contributed by atoms with Crippen molar-refractivity contribution in [3.8, 4) is 0 Å². The minimum Gasteiger partial charge on any atom is -0.391 e. The van der Waals surface area contributed by atoms with Gasteiger partial charge in [-0.1, -0.05) is 154 Å². The van der Waals surface area contributed by atoms with Crippen molar-refractivity contribution in [2.24, 2.45) is 0 Å². The summed E-state index contributed by atoms with van der Waals surface area (Å²) in [6.07, 6.45) is 34.5. The highest BCUT2D eigenvalue weighted by Gasteiger charge is 2.26. The van der Waals surface area contributed by atoms with Crippen LogP contribution in [0.3, 0.4) is 0 Å². The Morgan fingerprint density at radius 1 is 0.619 bits per heavy atom. The van der Waals surface area contributed by atoms with Crippen molar-refractivity contribution in [1.82, 2.24) is 5.32 Å². The number of hydrogen-bond acceptors (Lipinski definition) is 4. The van der Waals surface area contributed by atoms with E-state index in [0.29, 0.717) is 12.8 Å². The van der Waals surface area contributed by atoms with Gasteiger partial charge in [-0.3, -0.25) is 9.35 Å². The first-order valence-corrected chi connectivity index (χ1v) is 19.5. The Balaban J connectivity index is 3.87. The van der Waals surface area contributed by atoms with Crippen LogP contribution in [0.15, 0.2) is 12.2 Å². The van der Waals surface area contributed by atoms with Gasteiger partial charge in [-0.15, -0.1) is 0 Å². The average molecular weight is 616 g/mol. The van der Waals surface area contributed by atoms with E-state index in [-0.39, 0.29) is 5.91 Å². The first-order valence-electron chi connectivity index (χ1n) is 17.9. The Kier molecular flexibility index (Phi) is 29.5. The molecular weight excluding hydrogens is 546 g/mol. The molecule has 6 nitrogen and oxygen atoms in total. The van der Waals surface area contributed by atoms with Gasteiger partial charge in [0.1, 0.15) is 0 Å². The lowest BCUT2D eigenvalue weighted by Gasteiger charge is -2.23. The second-order valence-electron chi connectivity index (χ2n) is 12.5. The fraction of sp³-hybridized carbons (Fsp3) is 0.914. The summed E-state index contributed by atoms with van der Waals surface area (Å²) in [5.41, 5.74) is 0. The molecule has 1 amide bonds. The van der Waals surface area contributed by atoms with Crippen molar-refractivity contribution in [2.45, 2.75) is 199 Å². The van der Waals surface area contributed by atoms with Crippen LogP contribution in [0.4, 0.5) is 0 Å². The lowest BCUT2D eigenvalue weighted by Crippen LogP contribution is -2.47. The molecule has 0 spiro atoms. The monoisotopic (exact) mass is 615 g/mol. The van der Waals surface area contributed by atoms with E-state index in [4.69, 9.17) is 0 Å². The zero-order valence-electron chi connectivity index (χ0n) is 27.6. The Bertz CT molecular complexity index is 725. The lowest BCUT2D eigenvalue weighted by molar-refractivity contribution is -0.122. The number of unbranched alkanes of at least 4 members (excludes halogenated alkanes) is 22. The summed E-state index contributed by atoms with van der Waals surface area (Å²) in [6, 6.07) is -0.967. The van der Waals surface area contributed by atoms with Gasteiger partial charge in [-0.05, 0) is 38.5 Å². The lowest BCUT2D eigenvalue weighted by atomic mass is 10.0. The highest BCUT2D eigenvalue weighted by molar-refractivity contribution is 7.85. The number of aliphatic hydroxyl groups is 1. The molecule has 0 saturated carbocycles. The molecule has 0 aliphatic rings. The van der Waals surface area contributed by atoms with Crippen molar-refractivity contribution < 1.29 is 22.9 Å². The van der Waals surface area contributed by atoms with Gasteiger partial charge in [0, 0.05) is 6.42 Å². The number of carbonyl (C=O) groups excluding carboxylic acids is 1. The molecule has 0 heterocycles. The molecule has 2 atom stereocenters. The van der Waals surface area contributed by atoms with Crippen LogP contribution in [0.2, 0.25) is 0 Å². The van der Waals surface area contributed by atoms with Crippen molar-refractivity contribution in [3.05, 3.63) is 12.2 Å². The van der Waals surface area contributed by atoms with Gasteiger partial charge in [0.2, 0.25) is 5.91 Å². The summed E-state index contributed by atoms with van der Waals surface area (Å²) in [7, 11) is -4.30. The third-order valence-corrected chi connectivity index (χ3v) is 9.00. The first-order chi connectivity index (χ1) is 20.3. The zero-order chi connectivity index (χ0) is 31.2. The van der Waals surface area contributed by atoms with Crippen LogP contribution in [0.25, 0.3) is 0 Å². The first kappa shape index (κ1) is 41.1. The smallest absolute Gasteiger partial charge is 0.266 e. The molecule has 250 valence electrons. The minimum atomic E-state index is -4.30. The summed E-state index contributed by atoms with van der Waals surface area (Å²) in [6.45, 7) is 4.47. The Hall–Kier alpha value is -0.920. The molecule has 7 heteroatoms. The van der Waals surface area contributed by atoms with E-state index in [9.17, 15) is 22.9 Å². The van der Waals surface area contributed by atoms with E-state index in [1.54, 1.807) is 0 Å². The number of rotatable bonds is 32. The normalized spacial score (nSPS) is 13.5. The van der Waals surface area contributed by atoms with Crippen LogP contribution in [0, 0.1) is 0 Å². The molecule has 0 radical (unpaired) electrons. The molecule has 0 aliphatic carbocycles. The molecular formula is C35H69NO5S. The maximum atomic E-state index is 12.4. The number of nitrogens with one attached hydrogen (secondary N) is 1. The van der Waals surface area contributed by atoms with Gasteiger partial charge in [0.25, 0.3) is 10.1 Å². The van der Waals surface area contributed by atoms with Crippen LogP contribution in [0.1, 0.15) is 187 Å². The van der Waals surface area contributed by atoms with Gasteiger partial charge < -0.3 is 10.4 Å². The van der Waals surface area contributed by atoms with Crippen LogP contribution >= 0.6 is 0 Å². The zero-order valence-corrected chi connectivity index (χ0v) is 28.5. The number of allylic oxidation sites excluding steroid dienone is 2. The van der Waals surface area contributed by atoms with Gasteiger partial charge in [0.15, 0.2) is 0 Å². The molecule has 0 bridgehead atoms. The molecule has 0 aliphatic heterocycles. The summed E-state index contributed by atoms with van der Waals surface area (Å²) in [4.78, 5) is 12.4. The third kappa shape index (κ3) is 30.5. The SMILES string of the molecule is CCCCCCCCC/C=C\CCCCCCCCCC(=O)NC(CS(=O)(=O)O)C(O)CCCCCCCCCCC. The molecule has 0 aromatic rings. The quantitative estimate of drug-likeness (QED) is 0.0397. The van der Waals surface area contributed by atoms with E-state index in [2.05, 4.69) is 31.3 Å². The Morgan fingerprint density at radius 3 is 1.43 bits per heavy atom. The highest BCUT2D eigenvalue weighted by Crippen LogP contribution is 2.15. The molecule has 3 N–H and O–H groups in total. The van der Waals surface area contributed by atoms with E-state index in [1.807, 2.05) is 0 Å². The fourth-order valence-corrected chi connectivity index (χ4v) is 6.27. The number of carbonyl (C=O) groups is 1. The summed E-state index contributed by atoms with van der Waals surface area (Å²) >= 11 is 0. The van der Waals surface area contributed by atoms with E-state index < -0.39 is 28.0 Å². The number of hydrogen-bond donors (Lipinski definition) is 3. The minimum absolute atomic E-state index is 0.252. The molecule has 2 unspecified atom stereocenters. The molecule has 0 aromatic heterocycles. The van der Waals surface area contributed by atoms with Crippen LogP contribution in [-0.2, 0) is 14.9 Å². The molecule has 0 saturated heterocycles. The maximum Gasteiger partial charge on any atom is 0.266 e. The molecule has 42 heavy (non-hydrogen) atoms. The maximum absolute atomic E-state index is 12.4. The number of amides is 1. The fourth-order valence-electron chi connectivity index (χ4n) is 5.51. The average Bonchev–Trinajstić information content (AvgIpc) is 2.94. The summed E-state index contributed by atoms with van der Waals surface area (Å²) in [5, 5.41) is 13.2. The topological polar surface area (TPSA) is 104 Å².